The first-order valence-corrected chi connectivity index (χ1v) is 4.11. The minimum atomic E-state index is -1.15. The monoisotopic (exact) mass is 175 g/mol. The molecule has 0 aromatic heterocycles. The molecule has 4 heteroatoms. The number of aliphatic hydroxyl groups is 1. The second kappa shape index (κ2) is 5.11. The van der Waals surface area contributed by atoms with E-state index in [1.165, 1.54) is 0 Å². The second-order valence-electron chi connectivity index (χ2n) is 3.40. The molecule has 0 radical (unpaired) electrons. The van der Waals surface area contributed by atoms with E-state index in [1.807, 2.05) is 13.8 Å². The topological polar surface area (TPSA) is 83.5 Å². The van der Waals surface area contributed by atoms with Crippen molar-refractivity contribution in [2.24, 2.45) is 11.7 Å². The Labute approximate surface area is 72.4 Å². The Morgan fingerprint density at radius 3 is 2.25 bits per heavy atom. The Balaban J connectivity index is 3.71. The minimum Gasteiger partial charge on any atom is -0.480 e. The number of carbonyl (C=O) groups is 1. The van der Waals surface area contributed by atoms with Gasteiger partial charge < -0.3 is 15.9 Å². The summed E-state index contributed by atoms with van der Waals surface area (Å²) in [4.78, 5) is 10.3. The molecule has 0 aliphatic heterocycles. The van der Waals surface area contributed by atoms with Crippen molar-refractivity contribution in [2.75, 3.05) is 0 Å². The first-order valence-electron chi connectivity index (χ1n) is 4.11. The third-order valence-corrected chi connectivity index (χ3v) is 1.74. The zero-order valence-corrected chi connectivity index (χ0v) is 7.53. The molecular weight excluding hydrogens is 158 g/mol. The number of hydrogen-bond donors (Lipinski definition) is 3. The van der Waals surface area contributed by atoms with Gasteiger partial charge in [-0.15, -0.1) is 0 Å². The molecule has 0 aliphatic carbocycles. The standard InChI is InChI=1S/C8H17NO3/c1-5(2)3-4-6(10)7(9)8(11)12/h5-7,10H,3-4,9H2,1-2H3,(H,11,12). The molecule has 0 fully saturated rings. The zero-order valence-electron chi connectivity index (χ0n) is 7.53. The van der Waals surface area contributed by atoms with E-state index < -0.39 is 18.1 Å². The molecule has 2 unspecified atom stereocenters. The van der Waals surface area contributed by atoms with Crippen molar-refractivity contribution in [3.63, 3.8) is 0 Å². The summed E-state index contributed by atoms with van der Waals surface area (Å²) in [5, 5.41) is 17.7. The average Bonchev–Trinajstić information content (AvgIpc) is 1.98. The zero-order chi connectivity index (χ0) is 9.72. The van der Waals surface area contributed by atoms with Crippen molar-refractivity contribution in [3.05, 3.63) is 0 Å². The van der Waals surface area contributed by atoms with Crippen LogP contribution in [0.25, 0.3) is 0 Å². The summed E-state index contributed by atoms with van der Waals surface area (Å²) in [5.74, 6) is -0.688. The summed E-state index contributed by atoms with van der Waals surface area (Å²) in [6.07, 6.45) is 0.317. The number of carboxylic acid groups (broad SMARTS) is 1. The average molecular weight is 175 g/mol. The molecule has 0 aliphatic rings. The highest BCUT2D eigenvalue weighted by Gasteiger charge is 2.21. The smallest absolute Gasteiger partial charge is 0.323 e. The first-order chi connectivity index (χ1) is 5.45. The van der Waals surface area contributed by atoms with Crippen LogP contribution in [0.5, 0.6) is 0 Å². The van der Waals surface area contributed by atoms with Gasteiger partial charge in [0, 0.05) is 0 Å². The molecule has 0 heterocycles. The number of hydrogen-bond acceptors (Lipinski definition) is 3. The van der Waals surface area contributed by atoms with E-state index in [0.717, 1.165) is 6.42 Å². The van der Waals surface area contributed by atoms with Gasteiger partial charge in [0.15, 0.2) is 0 Å². The molecule has 0 bridgehead atoms. The van der Waals surface area contributed by atoms with E-state index >= 15 is 0 Å². The molecule has 0 saturated carbocycles. The van der Waals surface area contributed by atoms with Crippen molar-refractivity contribution >= 4 is 5.97 Å². The number of carboxylic acids is 1. The summed E-state index contributed by atoms with van der Waals surface area (Å²) < 4.78 is 0. The van der Waals surface area contributed by atoms with Crippen molar-refractivity contribution in [3.8, 4) is 0 Å². The largest absolute Gasteiger partial charge is 0.480 e. The second-order valence-corrected chi connectivity index (χ2v) is 3.40. The molecule has 0 saturated heterocycles. The molecule has 0 spiro atoms. The van der Waals surface area contributed by atoms with Gasteiger partial charge in [0.25, 0.3) is 0 Å². The van der Waals surface area contributed by atoms with Gasteiger partial charge in [-0.05, 0) is 18.8 Å². The van der Waals surface area contributed by atoms with Gasteiger partial charge in [-0.1, -0.05) is 13.8 Å². The Morgan fingerprint density at radius 1 is 1.42 bits per heavy atom. The molecular formula is C8H17NO3. The molecule has 72 valence electrons. The van der Waals surface area contributed by atoms with Gasteiger partial charge in [0.05, 0.1) is 6.10 Å². The molecule has 0 aromatic rings. The fourth-order valence-electron chi connectivity index (χ4n) is 0.848. The summed E-state index contributed by atoms with van der Waals surface area (Å²) in [7, 11) is 0. The lowest BCUT2D eigenvalue weighted by atomic mass is 10.0. The van der Waals surface area contributed by atoms with Crippen LogP contribution >= 0.6 is 0 Å². The molecule has 4 nitrogen and oxygen atoms in total. The SMILES string of the molecule is CC(C)CCC(O)C(N)C(=O)O. The van der Waals surface area contributed by atoms with Crippen LogP contribution in [0.15, 0.2) is 0 Å². The van der Waals surface area contributed by atoms with Crippen LogP contribution in [0, 0.1) is 5.92 Å². The highest BCUT2D eigenvalue weighted by Crippen LogP contribution is 2.08. The van der Waals surface area contributed by atoms with Crippen LogP contribution < -0.4 is 5.73 Å². The van der Waals surface area contributed by atoms with E-state index in [-0.39, 0.29) is 0 Å². The van der Waals surface area contributed by atoms with E-state index in [9.17, 15) is 9.90 Å². The fourth-order valence-corrected chi connectivity index (χ4v) is 0.848. The van der Waals surface area contributed by atoms with Crippen molar-refractivity contribution in [1.82, 2.24) is 0 Å². The Bertz CT molecular complexity index is 147. The van der Waals surface area contributed by atoms with Gasteiger partial charge >= 0.3 is 5.97 Å². The predicted octanol–water partition coefficient (Wildman–Crippen LogP) is 0.195. The number of aliphatic hydroxyl groups excluding tert-OH is 1. The highest BCUT2D eigenvalue weighted by molar-refractivity contribution is 5.73. The van der Waals surface area contributed by atoms with Crippen molar-refractivity contribution < 1.29 is 15.0 Å². The van der Waals surface area contributed by atoms with Crippen LogP contribution in [0.3, 0.4) is 0 Å². The lowest BCUT2D eigenvalue weighted by Gasteiger charge is -2.15. The fraction of sp³-hybridized carbons (Fsp3) is 0.875. The Hall–Kier alpha value is -0.610. The maximum Gasteiger partial charge on any atom is 0.323 e. The summed E-state index contributed by atoms with van der Waals surface area (Å²) in [6.45, 7) is 4.03. The highest BCUT2D eigenvalue weighted by atomic mass is 16.4. The molecule has 2 atom stereocenters. The number of nitrogens with two attached hydrogens (primary N) is 1. The molecule has 12 heavy (non-hydrogen) atoms. The van der Waals surface area contributed by atoms with E-state index in [0.29, 0.717) is 12.3 Å². The van der Waals surface area contributed by atoms with E-state index in [1.54, 1.807) is 0 Å². The van der Waals surface area contributed by atoms with E-state index in [2.05, 4.69) is 0 Å². The number of aliphatic carboxylic acids is 1. The Morgan fingerprint density at radius 2 is 1.92 bits per heavy atom. The lowest BCUT2D eigenvalue weighted by molar-refractivity contribution is -0.141. The van der Waals surface area contributed by atoms with Crippen LogP contribution in [-0.2, 0) is 4.79 Å². The normalized spacial score (nSPS) is 16.1. The predicted molar refractivity (Wildman–Crippen MR) is 45.7 cm³/mol. The van der Waals surface area contributed by atoms with Gasteiger partial charge in [-0.3, -0.25) is 4.79 Å². The maximum absolute atomic E-state index is 10.3. The quantitative estimate of drug-likeness (QED) is 0.557. The van der Waals surface area contributed by atoms with Gasteiger partial charge in [-0.25, -0.2) is 0 Å². The summed E-state index contributed by atoms with van der Waals surface area (Å²) >= 11 is 0. The number of rotatable bonds is 5. The minimum absolute atomic E-state index is 0.450. The molecule has 0 rings (SSSR count). The van der Waals surface area contributed by atoms with Crippen LogP contribution in [0.4, 0.5) is 0 Å². The third kappa shape index (κ3) is 4.31. The van der Waals surface area contributed by atoms with Crippen LogP contribution in [0.2, 0.25) is 0 Å². The first kappa shape index (κ1) is 11.4. The summed E-state index contributed by atoms with van der Waals surface area (Å²) in [6, 6.07) is -1.15. The molecule has 4 N–H and O–H groups in total. The van der Waals surface area contributed by atoms with Gasteiger partial charge in [-0.2, -0.15) is 0 Å². The molecule has 0 amide bonds. The van der Waals surface area contributed by atoms with Crippen molar-refractivity contribution in [1.29, 1.82) is 0 Å². The van der Waals surface area contributed by atoms with Crippen LogP contribution in [0.1, 0.15) is 26.7 Å². The van der Waals surface area contributed by atoms with Crippen LogP contribution in [-0.4, -0.2) is 28.3 Å². The van der Waals surface area contributed by atoms with Gasteiger partial charge in [0.1, 0.15) is 6.04 Å². The molecule has 0 aromatic carbocycles. The third-order valence-electron chi connectivity index (χ3n) is 1.74. The van der Waals surface area contributed by atoms with E-state index in [4.69, 9.17) is 10.8 Å². The Kier molecular flexibility index (Phi) is 4.85. The maximum atomic E-state index is 10.3. The lowest BCUT2D eigenvalue weighted by Crippen LogP contribution is -2.41. The van der Waals surface area contributed by atoms with Crippen molar-refractivity contribution in [2.45, 2.75) is 38.8 Å². The summed E-state index contributed by atoms with van der Waals surface area (Å²) in [5.41, 5.74) is 5.20. The van der Waals surface area contributed by atoms with Gasteiger partial charge in [0.2, 0.25) is 0 Å².